The minimum Gasteiger partial charge on any atom is -0.0764 e. The number of hydrogen-bond donors (Lipinski definition) is 0. The first-order valence-electron chi connectivity index (χ1n) is 22.0. The minimum atomic E-state index is 0.113. The molecule has 3 aliphatic carbocycles. The molecule has 5 unspecified atom stereocenters. The highest BCUT2D eigenvalue weighted by atomic mass is 14.4. The van der Waals surface area contributed by atoms with Crippen molar-refractivity contribution in [1.29, 1.82) is 0 Å². The fourth-order valence-corrected chi connectivity index (χ4v) is 10.7. The Morgan fingerprint density at radius 2 is 1.22 bits per heavy atom. The van der Waals surface area contributed by atoms with E-state index in [2.05, 4.69) is 209 Å². The van der Waals surface area contributed by atoms with Crippen LogP contribution in [-0.2, 0) is 23.7 Å². The van der Waals surface area contributed by atoms with Crippen LogP contribution in [0.3, 0.4) is 0 Å². The minimum absolute atomic E-state index is 0.113. The first-order valence-corrected chi connectivity index (χ1v) is 22.0. The zero-order valence-corrected chi connectivity index (χ0v) is 36.6. The van der Waals surface area contributed by atoms with Gasteiger partial charge in [-0.25, -0.2) is 0 Å². The van der Waals surface area contributed by atoms with Crippen molar-refractivity contribution in [2.24, 2.45) is 29.1 Å². The molecule has 0 saturated carbocycles. The van der Waals surface area contributed by atoms with Gasteiger partial charge in [-0.15, -0.1) is 0 Å². The van der Waals surface area contributed by atoms with E-state index in [0.29, 0.717) is 17.8 Å². The molecule has 0 heterocycles. The lowest BCUT2D eigenvalue weighted by molar-refractivity contribution is 0.306. The van der Waals surface area contributed by atoms with E-state index in [9.17, 15) is 0 Å². The second kappa shape index (κ2) is 14.1. The summed E-state index contributed by atoms with van der Waals surface area (Å²) in [5.74, 6) is 1.67. The van der Waals surface area contributed by atoms with Crippen LogP contribution in [0.5, 0.6) is 0 Å². The summed E-state index contributed by atoms with van der Waals surface area (Å²) in [6.07, 6.45) is 14.3. The van der Waals surface area contributed by atoms with E-state index in [-0.39, 0.29) is 28.1 Å². The average molecular weight is 759 g/mol. The Labute approximate surface area is 347 Å². The maximum atomic E-state index is 2.57. The SMILES string of the molecule is CC(C1=c2ccccc2=C(c2ccc3ccc4c5c(ccc2c35)CC(C(C)(C)C)C=4)C2C=CC=CC12)C(Cc1ccc(C(C)(C)C)cc1)c1ccc(C(C)(C)C)cc1. The van der Waals surface area contributed by atoms with Gasteiger partial charge in [-0.05, 0) is 123 Å². The third kappa shape index (κ3) is 6.71. The van der Waals surface area contributed by atoms with Gasteiger partial charge in [0.25, 0.3) is 0 Å². The maximum absolute atomic E-state index is 2.57. The van der Waals surface area contributed by atoms with Crippen molar-refractivity contribution in [3.8, 4) is 0 Å². The highest BCUT2D eigenvalue weighted by Crippen LogP contribution is 2.47. The zero-order valence-electron chi connectivity index (χ0n) is 36.6. The number of fused-ring (bicyclic) bond motifs is 2. The van der Waals surface area contributed by atoms with E-state index in [1.807, 2.05) is 0 Å². The summed E-state index contributed by atoms with van der Waals surface area (Å²) < 4.78 is 0. The Bertz CT molecular complexity index is 2780. The fraction of sp³-hybridized carbons (Fsp3) is 0.345. The van der Waals surface area contributed by atoms with Gasteiger partial charge >= 0.3 is 0 Å². The van der Waals surface area contributed by atoms with Crippen molar-refractivity contribution < 1.29 is 0 Å². The molecule has 0 radical (unpaired) electrons. The topological polar surface area (TPSA) is 0 Å². The molecule has 58 heavy (non-hydrogen) atoms. The molecule has 294 valence electrons. The first-order chi connectivity index (χ1) is 27.6. The monoisotopic (exact) mass is 758 g/mol. The molecular weight excluding hydrogens is 697 g/mol. The normalized spacial score (nSPS) is 20.2. The van der Waals surface area contributed by atoms with Crippen molar-refractivity contribution in [3.63, 3.8) is 0 Å². The molecule has 5 atom stereocenters. The second-order valence-corrected chi connectivity index (χ2v) is 21.0. The quantitative estimate of drug-likeness (QED) is 0.159. The Hall–Kier alpha value is -4.94. The summed E-state index contributed by atoms with van der Waals surface area (Å²) in [5, 5.41) is 9.86. The lowest BCUT2D eigenvalue weighted by Gasteiger charge is -2.38. The molecule has 6 aromatic rings. The van der Waals surface area contributed by atoms with E-state index in [0.717, 1.165) is 12.8 Å². The average Bonchev–Trinajstić information content (AvgIpc) is 3.20. The van der Waals surface area contributed by atoms with Gasteiger partial charge in [0.2, 0.25) is 0 Å². The van der Waals surface area contributed by atoms with Crippen LogP contribution < -0.4 is 15.7 Å². The van der Waals surface area contributed by atoms with Crippen LogP contribution in [0.15, 0.2) is 133 Å². The highest BCUT2D eigenvalue weighted by molar-refractivity contribution is 6.15. The van der Waals surface area contributed by atoms with Crippen LogP contribution in [0.1, 0.15) is 109 Å². The summed E-state index contributed by atoms with van der Waals surface area (Å²) in [6, 6.07) is 43.0. The molecule has 3 aliphatic rings. The van der Waals surface area contributed by atoms with Crippen molar-refractivity contribution in [1.82, 2.24) is 0 Å². The summed E-state index contributed by atoms with van der Waals surface area (Å²) in [7, 11) is 0. The van der Waals surface area contributed by atoms with Crippen molar-refractivity contribution in [2.45, 2.75) is 98.8 Å². The standard InChI is InChI=1S/C58H62/c1-36(51(38-23-29-43(30-24-38)57(5,6)7)33-37-19-27-42(28-20-37)56(2,3)4)52-45-15-11-13-17-47(45)55(48-18-14-12-16-46(48)52)50-31-25-39-21-22-40-34-44(58(8,9)10)35-41-26-32-49(50)54(39)53(40)41/h11-32,34,36,44-45,47,51H,33,35H2,1-10H3. The number of rotatable bonds is 6. The molecule has 0 aromatic heterocycles. The van der Waals surface area contributed by atoms with Gasteiger partial charge in [-0.2, -0.15) is 0 Å². The molecular formula is C58H62. The highest BCUT2D eigenvalue weighted by Gasteiger charge is 2.37. The van der Waals surface area contributed by atoms with Gasteiger partial charge in [-0.3, -0.25) is 0 Å². The van der Waals surface area contributed by atoms with Gasteiger partial charge in [0.05, 0.1) is 0 Å². The van der Waals surface area contributed by atoms with E-state index in [4.69, 9.17) is 0 Å². The summed E-state index contributed by atoms with van der Waals surface area (Å²) in [4.78, 5) is 0. The number of allylic oxidation sites excluding steroid dienone is 4. The van der Waals surface area contributed by atoms with Crippen LogP contribution in [0.4, 0.5) is 0 Å². The Morgan fingerprint density at radius 3 is 1.88 bits per heavy atom. The molecule has 6 aromatic carbocycles. The lowest BCUT2D eigenvalue weighted by Crippen LogP contribution is -2.42. The summed E-state index contributed by atoms with van der Waals surface area (Å²) in [6.45, 7) is 23.6. The third-order valence-electron chi connectivity index (χ3n) is 14.2. The number of benzene rings is 6. The molecule has 0 spiro atoms. The van der Waals surface area contributed by atoms with E-state index in [1.54, 1.807) is 5.57 Å². The fourth-order valence-electron chi connectivity index (χ4n) is 10.7. The molecule has 0 N–H and O–H groups in total. The predicted octanol–water partition coefficient (Wildman–Crippen LogP) is 12.7. The van der Waals surface area contributed by atoms with Gasteiger partial charge in [0.1, 0.15) is 0 Å². The molecule has 0 bridgehead atoms. The van der Waals surface area contributed by atoms with Crippen LogP contribution in [0.25, 0.3) is 38.8 Å². The van der Waals surface area contributed by atoms with Crippen molar-refractivity contribution >= 4 is 38.8 Å². The maximum Gasteiger partial charge on any atom is 0.0134 e. The summed E-state index contributed by atoms with van der Waals surface area (Å²) >= 11 is 0. The van der Waals surface area contributed by atoms with Crippen LogP contribution in [-0.4, -0.2) is 0 Å². The van der Waals surface area contributed by atoms with Crippen LogP contribution in [0, 0.1) is 29.1 Å². The Balaban J connectivity index is 1.25. The second-order valence-electron chi connectivity index (χ2n) is 21.0. The van der Waals surface area contributed by atoms with E-state index >= 15 is 0 Å². The van der Waals surface area contributed by atoms with Crippen LogP contribution in [0.2, 0.25) is 0 Å². The first kappa shape index (κ1) is 38.6. The lowest BCUT2D eigenvalue weighted by atomic mass is 9.65. The van der Waals surface area contributed by atoms with Crippen LogP contribution >= 0.6 is 0 Å². The third-order valence-corrected chi connectivity index (χ3v) is 14.2. The van der Waals surface area contributed by atoms with Gasteiger partial charge in [0, 0.05) is 11.8 Å². The Morgan fingerprint density at radius 1 is 0.603 bits per heavy atom. The molecule has 0 fully saturated rings. The van der Waals surface area contributed by atoms with E-state index < -0.39 is 0 Å². The molecule has 0 heteroatoms. The molecule has 9 rings (SSSR count). The largest absolute Gasteiger partial charge is 0.0764 e. The zero-order chi connectivity index (χ0) is 40.7. The van der Waals surface area contributed by atoms with Gasteiger partial charge in [-0.1, -0.05) is 214 Å². The summed E-state index contributed by atoms with van der Waals surface area (Å²) in [5.41, 5.74) is 12.0. The number of hydrogen-bond acceptors (Lipinski definition) is 0. The van der Waals surface area contributed by atoms with E-state index in [1.165, 1.54) is 76.2 Å². The molecule has 0 amide bonds. The molecule has 0 nitrogen and oxygen atoms in total. The smallest absolute Gasteiger partial charge is 0.0134 e. The molecule has 0 aliphatic heterocycles. The van der Waals surface area contributed by atoms with Gasteiger partial charge < -0.3 is 0 Å². The van der Waals surface area contributed by atoms with Gasteiger partial charge in [0.15, 0.2) is 0 Å². The van der Waals surface area contributed by atoms with Crippen molar-refractivity contribution in [3.05, 3.63) is 183 Å². The molecule has 0 saturated heterocycles. The predicted molar refractivity (Wildman–Crippen MR) is 251 cm³/mol. The van der Waals surface area contributed by atoms with Crippen molar-refractivity contribution in [2.75, 3.05) is 0 Å². The Kier molecular flexibility index (Phi) is 9.39.